The van der Waals surface area contributed by atoms with Gasteiger partial charge in [0.25, 0.3) is 0 Å². The van der Waals surface area contributed by atoms with Crippen molar-refractivity contribution in [2.45, 2.75) is 19.1 Å². The SMILES string of the molecule is COC(=O)CCS(=O)(=O)Cc1cc(C(=O)O)sc1C. The average Bonchev–Trinajstić information content (AvgIpc) is 2.67. The number of carboxylic acids is 1. The molecule has 0 aromatic carbocycles. The van der Waals surface area contributed by atoms with Crippen LogP contribution >= 0.6 is 11.3 Å². The molecular formula is C11H14O6S2. The minimum absolute atomic E-state index is 0.107. The summed E-state index contributed by atoms with van der Waals surface area (Å²) in [5.41, 5.74) is 0.465. The average molecular weight is 306 g/mol. The largest absolute Gasteiger partial charge is 0.477 e. The van der Waals surface area contributed by atoms with E-state index in [0.717, 1.165) is 11.3 Å². The highest BCUT2D eigenvalue weighted by Crippen LogP contribution is 2.23. The van der Waals surface area contributed by atoms with E-state index in [1.807, 2.05) is 0 Å². The highest BCUT2D eigenvalue weighted by atomic mass is 32.2. The van der Waals surface area contributed by atoms with Crippen LogP contribution in [0.2, 0.25) is 0 Å². The summed E-state index contributed by atoms with van der Waals surface area (Å²) in [5, 5.41) is 8.83. The van der Waals surface area contributed by atoms with E-state index in [2.05, 4.69) is 4.74 Å². The first kappa shape index (κ1) is 15.6. The first-order valence-corrected chi connectivity index (χ1v) is 7.99. The zero-order valence-electron chi connectivity index (χ0n) is 10.5. The van der Waals surface area contributed by atoms with Gasteiger partial charge in [-0.15, -0.1) is 11.3 Å². The van der Waals surface area contributed by atoms with Crippen LogP contribution in [0.15, 0.2) is 6.07 Å². The number of methoxy groups -OCH3 is 1. The molecule has 0 atom stereocenters. The number of hydrogen-bond donors (Lipinski definition) is 1. The Labute approximate surface area is 114 Å². The molecule has 0 unspecified atom stereocenters. The number of carbonyl (C=O) groups is 2. The zero-order chi connectivity index (χ0) is 14.6. The lowest BCUT2D eigenvalue weighted by Crippen LogP contribution is -2.14. The van der Waals surface area contributed by atoms with Crippen LogP contribution in [-0.4, -0.2) is 38.3 Å². The maximum absolute atomic E-state index is 11.8. The molecule has 0 radical (unpaired) electrons. The third-order valence-corrected chi connectivity index (χ3v) is 5.11. The molecule has 1 aromatic rings. The monoisotopic (exact) mass is 306 g/mol. The number of sulfone groups is 1. The Morgan fingerprint density at radius 2 is 2.05 bits per heavy atom. The molecule has 1 aromatic heterocycles. The second-order valence-corrected chi connectivity index (χ2v) is 7.36. The standard InChI is InChI=1S/C11H14O6S2/c1-7-8(5-9(18-7)11(13)14)6-19(15,16)4-3-10(12)17-2/h5H,3-4,6H2,1-2H3,(H,13,14). The van der Waals surface area contributed by atoms with Crippen LogP contribution in [0.5, 0.6) is 0 Å². The van der Waals surface area contributed by atoms with Crippen molar-refractivity contribution in [2.75, 3.05) is 12.9 Å². The topological polar surface area (TPSA) is 97.7 Å². The van der Waals surface area contributed by atoms with Gasteiger partial charge in [0.05, 0.1) is 25.0 Å². The molecule has 0 bridgehead atoms. The summed E-state index contributed by atoms with van der Waals surface area (Å²) in [4.78, 5) is 22.5. The van der Waals surface area contributed by atoms with Crippen LogP contribution in [0.25, 0.3) is 0 Å². The molecular weight excluding hydrogens is 292 g/mol. The van der Waals surface area contributed by atoms with Gasteiger partial charge in [-0.3, -0.25) is 4.79 Å². The number of ether oxygens (including phenoxy) is 1. The summed E-state index contributed by atoms with van der Waals surface area (Å²) in [6, 6.07) is 1.36. The first-order chi connectivity index (χ1) is 8.75. The van der Waals surface area contributed by atoms with Gasteiger partial charge in [-0.1, -0.05) is 0 Å². The van der Waals surface area contributed by atoms with Gasteiger partial charge < -0.3 is 9.84 Å². The van der Waals surface area contributed by atoms with Crippen molar-refractivity contribution in [2.24, 2.45) is 0 Å². The van der Waals surface area contributed by atoms with Gasteiger partial charge in [-0.25, -0.2) is 13.2 Å². The first-order valence-electron chi connectivity index (χ1n) is 5.35. The highest BCUT2D eigenvalue weighted by molar-refractivity contribution is 7.90. The number of thiophene rings is 1. The van der Waals surface area contributed by atoms with Crippen LogP contribution in [-0.2, 0) is 25.1 Å². The van der Waals surface area contributed by atoms with Gasteiger partial charge in [0.2, 0.25) is 0 Å². The summed E-state index contributed by atoms with van der Waals surface area (Å²) < 4.78 is 28.0. The molecule has 0 spiro atoms. The van der Waals surface area contributed by atoms with Crippen molar-refractivity contribution in [1.82, 2.24) is 0 Å². The molecule has 0 aliphatic heterocycles. The fourth-order valence-corrected chi connectivity index (χ4v) is 3.79. The Morgan fingerprint density at radius 3 is 2.53 bits per heavy atom. The summed E-state index contributed by atoms with van der Waals surface area (Å²) in [7, 11) is -2.27. The second kappa shape index (κ2) is 6.16. The maximum Gasteiger partial charge on any atom is 0.345 e. The van der Waals surface area contributed by atoms with Gasteiger partial charge in [0, 0.05) is 4.88 Å². The molecule has 1 heterocycles. The number of aromatic carboxylic acids is 1. The number of aryl methyl sites for hydroxylation is 1. The fraction of sp³-hybridized carbons (Fsp3) is 0.455. The van der Waals surface area contributed by atoms with Crippen LogP contribution in [0, 0.1) is 6.92 Å². The number of rotatable bonds is 6. The lowest BCUT2D eigenvalue weighted by atomic mass is 10.3. The Hall–Kier alpha value is -1.41. The lowest BCUT2D eigenvalue weighted by molar-refractivity contribution is -0.140. The highest BCUT2D eigenvalue weighted by Gasteiger charge is 2.19. The molecule has 0 aliphatic carbocycles. The molecule has 6 nitrogen and oxygen atoms in total. The van der Waals surface area contributed by atoms with Crippen LogP contribution < -0.4 is 0 Å². The van der Waals surface area contributed by atoms with Gasteiger partial charge in [-0.05, 0) is 18.6 Å². The van der Waals surface area contributed by atoms with Gasteiger partial charge in [0.15, 0.2) is 9.84 Å². The molecule has 0 saturated carbocycles. The van der Waals surface area contributed by atoms with Crippen LogP contribution in [0.3, 0.4) is 0 Å². The predicted octanol–water partition coefficient (Wildman–Crippen LogP) is 1.23. The molecule has 0 aliphatic rings. The third-order valence-electron chi connectivity index (χ3n) is 2.45. The van der Waals surface area contributed by atoms with Crippen molar-refractivity contribution < 1.29 is 27.9 Å². The number of hydrogen-bond acceptors (Lipinski definition) is 6. The van der Waals surface area contributed by atoms with Gasteiger partial charge in [-0.2, -0.15) is 0 Å². The van der Waals surface area contributed by atoms with E-state index in [1.54, 1.807) is 6.92 Å². The summed E-state index contributed by atoms with van der Waals surface area (Å²) >= 11 is 1.04. The molecule has 19 heavy (non-hydrogen) atoms. The smallest absolute Gasteiger partial charge is 0.345 e. The van der Waals surface area contributed by atoms with E-state index in [0.29, 0.717) is 10.4 Å². The molecule has 1 rings (SSSR count). The van der Waals surface area contributed by atoms with E-state index in [1.165, 1.54) is 13.2 Å². The summed E-state index contributed by atoms with van der Waals surface area (Å²) in [6.07, 6.45) is -0.201. The van der Waals surface area contributed by atoms with Crippen LogP contribution in [0.1, 0.15) is 26.5 Å². The van der Waals surface area contributed by atoms with Gasteiger partial charge >= 0.3 is 11.9 Å². The minimum Gasteiger partial charge on any atom is -0.477 e. The number of carboxylic acid groups (broad SMARTS) is 1. The Morgan fingerprint density at radius 1 is 1.42 bits per heavy atom. The van der Waals surface area contributed by atoms with E-state index < -0.39 is 21.8 Å². The number of esters is 1. The molecule has 8 heteroatoms. The van der Waals surface area contributed by atoms with E-state index >= 15 is 0 Å². The number of carbonyl (C=O) groups excluding carboxylic acids is 1. The van der Waals surface area contributed by atoms with Crippen molar-refractivity contribution >= 4 is 33.1 Å². The Kier molecular flexibility index (Phi) is 5.07. The quantitative estimate of drug-likeness (QED) is 0.794. The summed E-state index contributed by atoms with van der Waals surface area (Å²) in [6.45, 7) is 1.67. The summed E-state index contributed by atoms with van der Waals surface area (Å²) in [5.74, 6) is -2.24. The normalized spacial score (nSPS) is 11.3. The van der Waals surface area contributed by atoms with Crippen LogP contribution in [0.4, 0.5) is 0 Å². The van der Waals surface area contributed by atoms with Crippen molar-refractivity contribution in [3.8, 4) is 0 Å². The van der Waals surface area contributed by atoms with Crippen molar-refractivity contribution in [3.05, 3.63) is 21.4 Å². The molecule has 106 valence electrons. The Balaban J connectivity index is 2.78. The zero-order valence-corrected chi connectivity index (χ0v) is 12.1. The second-order valence-electron chi connectivity index (χ2n) is 3.92. The predicted molar refractivity (Wildman–Crippen MR) is 70.1 cm³/mol. The van der Waals surface area contributed by atoms with Crippen molar-refractivity contribution in [1.29, 1.82) is 0 Å². The molecule has 0 saturated heterocycles. The fourth-order valence-electron chi connectivity index (χ4n) is 1.42. The van der Waals surface area contributed by atoms with E-state index in [9.17, 15) is 18.0 Å². The maximum atomic E-state index is 11.8. The minimum atomic E-state index is -3.46. The van der Waals surface area contributed by atoms with Gasteiger partial charge in [0.1, 0.15) is 4.88 Å². The van der Waals surface area contributed by atoms with Crippen molar-refractivity contribution in [3.63, 3.8) is 0 Å². The van der Waals surface area contributed by atoms with E-state index in [-0.39, 0.29) is 22.8 Å². The molecule has 0 amide bonds. The molecule has 0 fully saturated rings. The lowest BCUT2D eigenvalue weighted by Gasteiger charge is -2.03. The van der Waals surface area contributed by atoms with E-state index in [4.69, 9.17) is 5.11 Å². The Bertz CT molecular complexity index is 584. The molecule has 1 N–H and O–H groups in total. The third kappa shape index (κ3) is 4.64.